The predicted molar refractivity (Wildman–Crippen MR) is 111 cm³/mol. The van der Waals surface area contributed by atoms with E-state index in [2.05, 4.69) is 10.6 Å². The van der Waals surface area contributed by atoms with Crippen molar-refractivity contribution in [2.75, 3.05) is 38.8 Å². The van der Waals surface area contributed by atoms with Gasteiger partial charge in [0, 0.05) is 18.5 Å². The molecule has 1 aliphatic rings. The maximum absolute atomic E-state index is 12.9. The fraction of sp³-hybridized carbons (Fsp3) is 0.588. The lowest BCUT2D eigenvalue weighted by molar-refractivity contribution is -0.119. The van der Waals surface area contributed by atoms with E-state index >= 15 is 0 Å². The summed E-state index contributed by atoms with van der Waals surface area (Å²) in [5, 5.41) is 6.00. The molecule has 0 bridgehead atoms. The minimum atomic E-state index is -3.51. The van der Waals surface area contributed by atoms with Crippen molar-refractivity contribution in [3.05, 3.63) is 29.3 Å². The van der Waals surface area contributed by atoms with Crippen LogP contribution < -0.4 is 10.6 Å². The van der Waals surface area contributed by atoms with Crippen molar-refractivity contribution < 1.29 is 13.2 Å². The molecule has 0 unspecified atom stereocenters. The van der Waals surface area contributed by atoms with Crippen LogP contribution in [0.5, 0.6) is 0 Å². The van der Waals surface area contributed by atoms with E-state index in [1.54, 1.807) is 0 Å². The smallest absolute Gasteiger partial charge is 0.245 e. The first kappa shape index (κ1) is 25.1. The monoisotopic (exact) mass is 425 g/mol. The van der Waals surface area contributed by atoms with Gasteiger partial charge in [0.25, 0.3) is 0 Å². The lowest BCUT2D eigenvalue weighted by Gasteiger charge is -2.34. The summed E-state index contributed by atoms with van der Waals surface area (Å²) >= 11 is 0. The molecule has 150 valence electrons. The molecule has 2 N–H and O–H groups in total. The Kier molecular flexibility index (Phi) is 9.57. The number of sulfone groups is 1. The highest BCUT2D eigenvalue weighted by molar-refractivity contribution is 7.92. The molecule has 0 radical (unpaired) electrons. The highest BCUT2D eigenvalue weighted by Gasteiger charge is 2.48. The van der Waals surface area contributed by atoms with Crippen molar-refractivity contribution >= 4 is 46.2 Å². The largest absolute Gasteiger partial charge is 0.324 e. The van der Waals surface area contributed by atoms with Crippen LogP contribution in [-0.4, -0.2) is 57.4 Å². The van der Waals surface area contributed by atoms with Gasteiger partial charge < -0.3 is 15.5 Å². The van der Waals surface area contributed by atoms with Crippen molar-refractivity contribution in [3.63, 3.8) is 0 Å². The molecule has 1 aliphatic heterocycles. The number of rotatable bonds is 5. The molecule has 1 saturated heterocycles. The average molecular weight is 426 g/mol. The van der Waals surface area contributed by atoms with Crippen LogP contribution in [0.4, 0.5) is 5.69 Å². The van der Waals surface area contributed by atoms with Gasteiger partial charge >= 0.3 is 0 Å². The third kappa shape index (κ3) is 5.57. The first-order valence-electron chi connectivity index (χ1n) is 8.12. The SMILES string of the molecule is Cc1ccc(CN(C)C)cc1NC(=O)C1(S(C)(=O)=O)CCNCC1.Cl.Cl. The van der Waals surface area contributed by atoms with Crippen LogP contribution in [0, 0.1) is 6.92 Å². The third-order valence-electron chi connectivity index (χ3n) is 4.58. The van der Waals surface area contributed by atoms with E-state index in [0.717, 1.165) is 23.9 Å². The predicted octanol–water partition coefficient (Wildman–Crippen LogP) is 2.01. The average Bonchev–Trinajstić information content (AvgIpc) is 2.49. The molecule has 0 atom stereocenters. The third-order valence-corrected chi connectivity index (χ3v) is 6.60. The molecule has 1 heterocycles. The van der Waals surface area contributed by atoms with Crippen molar-refractivity contribution in [3.8, 4) is 0 Å². The quantitative estimate of drug-likeness (QED) is 0.753. The highest BCUT2D eigenvalue weighted by Crippen LogP contribution is 2.30. The second-order valence-corrected chi connectivity index (χ2v) is 9.18. The minimum absolute atomic E-state index is 0. The molecular weight excluding hydrogens is 397 g/mol. The van der Waals surface area contributed by atoms with Crippen molar-refractivity contribution in [1.29, 1.82) is 0 Å². The number of carbonyl (C=O) groups is 1. The minimum Gasteiger partial charge on any atom is -0.324 e. The van der Waals surface area contributed by atoms with Crippen molar-refractivity contribution in [2.24, 2.45) is 0 Å². The standard InChI is InChI=1S/C17H27N3O3S.2ClH/c1-13-5-6-14(12-20(2)3)11-15(13)19-16(21)17(24(4,22)23)7-9-18-10-8-17;;/h5-6,11,18H,7-10,12H2,1-4H3,(H,19,21);2*1H. The number of hydrogen-bond acceptors (Lipinski definition) is 5. The molecule has 1 aromatic rings. The summed E-state index contributed by atoms with van der Waals surface area (Å²) in [4.78, 5) is 14.9. The Hall–Kier alpha value is -0.860. The van der Waals surface area contributed by atoms with Gasteiger partial charge in [-0.25, -0.2) is 8.42 Å². The van der Waals surface area contributed by atoms with Gasteiger partial charge in [-0.05, 0) is 64.1 Å². The number of carbonyl (C=O) groups excluding carboxylic acids is 1. The van der Waals surface area contributed by atoms with Crippen LogP contribution in [-0.2, 0) is 21.2 Å². The van der Waals surface area contributed by atoms with Crippen LogP contribution in [0.3, 0.4) is 0 Å². The van der Waals surface area contributed by atoms with E-state index in [1.807, 2.05) is 44.1 Å². The first-order chi connectivity index (χ1) is 11.2. The molecule has 0 spiro atoms. The second kappa shape index (κ2) is 9.90. The number of benzene rings is 1. The summed E-state index contributed by atoms with van der Waals surface area (Å²) < 4.78 is 23.3. The van der Waals surface area contributed by atoms with Gasteiger partial charge in [0.2, 0.25) is 5.91 Å². The Labute approximate surface area is 168 Å². The number of amides is 1. The molecule has 0 aromatic heterocycles. The van der Waals surface area contributed by atoms with Gasteiger partial charge in [-0.15, -0.1) is 24.8 Å². The molecule has 0 aliphatic carbocycles. The molecule has 6 nitrogen and oxygen atoms in total. The van der Waals surface area contributed by atoms with Crippen LogP contribution in [0.25, 0.3) is 0 Å². The van der Waals surface area contributed by atoms with Crippen LogP contribution in [0.2, 0.25) is 0 Å². The van der Waals surface area contributed by atoms with Gasteiger partial charge in [-0.2, -0.15) is 0 Å². The summed E-state index contributed by atoms with van der Waals surface area (Å²) in [6.07, 6.45) is 1.76. The molecule has 1 fully saturated rings. The van der Waals surface area contributed by atoms with Crippen LogP contribution >= 0.6 is 24.8 Å². The molecular formula is C17H29Cl2N3O3S. The topological polar surface area (TPSA) is 78.5 Å². The zero-order chi connectivity index (χ0) is 18.0. The van der Waals surface area contributed by atoms with Gasteiger partial charge in [0.1, 0.15) is 0 Å². The molecule has 26 heavy (non-hydrogen) atoms. The number of hydrogen-bond donors (Lipinski definition) is 2. The summed E-state index contributed by atoms with van der Waals surface area (Å²) in [6.45, 7) is 3.72. The first-order valence-corrected chi connectivity index (χ1v) is 10.0. The van der Waals surface area contributed by atoms with E-state index in [-0.39, 0.29) is 24.8 Å². The number of nitrogens with one attached hydrogen (secondary N) is 2. The van der Waals surface area contributed by atoms with Gasteiger partial charge in [-0.3, -0.25) is 4.79 Å². The normalized spacial score (nSPS) is 16.3. The number of halogens is 2. The maximum atomic E-state index is 12.9. The summed E-state index contributed by atoms with van der Waals surface area (Å²) in [5.41, 5.74) is 2.67. The Bertz CT molecular complexity index is 718. The summed E-state index contributed by atoms with van der Waals surface area (Å²) in [6, 6.07) is 5.89. The Morgan fingerprint density at radius 3 is 2.31 bits per heavy atom. The van der Waals surface area contributed by atoms with E-state index in [4.69, 9.17) is 0 Å². The molecule has 1 amide bonds. The zero-order valence-electron chi connectivity index (χ0n) is 15.7. The Morgan fingerprint density at radius 1 is 1.23 bits per heavy atom. The van der Waals surface area contributed by atoms with Crippen LogP contribution in [0.1, 0.15) is 24.0 Å². The van der Waals surface area contributed by atoms with E-state index in [0.29, 0.717) is 31.6 Å². The fourth-order valence-corrected chi connectivity index (χ4v) is 4.43. The highest BCUT2D eigenvalue weighted by atomic mass is 35.5. The number of aryl methyl sites for hydroxylation is 1. The Morgan fingerprint density at radius 2 is 1.81 bits per heavy atom. The van der Waals surface area contributed by atoms with Gasteiger partial charge in [0.15, 0.2) is 14.6 Å². The number of piperidine rings is 1. The van der Waals surface area contributed by atoms with E-state index in [9.17, 15) is 13.2 Å². The number of anilines is 1. The van der Waals surface area contributed by atoms with Gasteiger partial charge in [0.05, 0.1) is 0 Å². The van der Waals surface area contributed by atoms with E-state index in [1.165, 1.54) is 0 Å². The molecule has 9 heteroatoms. The fourth-order valence-electron chi connectivity index (χ4n) is 3.10. The Balaban J connectivity index is 0.00000312. The number of nitrogens with zero attached hydrogens (tertiary/aromatic N) is 1. The van der Waals surface area contributed by atoms with Crippen molar-refractivity contribution in [2.45, 2.75) is 31.1 Å². The van der Waals surface area contributed by atoms with Crippen LogP contribution in [0.15, 0.2) is 18.2 Å². The van der Waals surface area contributed by atoms with Gasteiger partial charge in [-0.1, -0.05) is 12.1 Å². The lowest BCUT2D eigenvalue weighted by Crippen LogP contribution is -2.55. The van der Waals surface area contributed by atoms with Crippen molar-refractivity contribution in [1.82, 2.24) is 10.2 Å². The summed E-state index contributed by atoms with van der Waals surface area (Å²) in [5.74, 6) is -0.420. The molecule has 1 aromatic carbocycles. The molecule has 0 saturated carbocycles. The zero-order valence-corrected chi connectivity index (χ0v) is 18.1. The maximum Gasteiger partial charge on any atom is 0.245 e. The summed E-state index contributed by atoms with van der Waals surface area (Å²) in [7, 11) is 0.447. The molecule has 2 rings (SSSR count). The van der Waals surface area contributed by atoms with E-state index < -0.39 is 20.5 Å². The second-order valence-electron chi connectivity index (χ2n) is 6.86. The lowest BCUT2D eigenvalue weighted by atomic mass is 9.95.